The third kappa shape index (κ3) is 3.32. The second-order valence-electron chi connectivity index (χ2n) is 6.13. The molecule has 0 bridgehead atoms. The van der Waals surface area contributed by atoms with Gasteiger partial charge in [0.15, 0.2) is 0 Å². The fourth-order valence-corrected chi connectivity index (χ4v) is 4.55. The lowest BCUT2D eigenvalue weighted by atomic mass is 10.1. The maximum absolute atomic E-state index is 12.2. The summed E-state index contributed by atoms with van der Waals surface area (Å²) in [4.78, 5) is 15.3. The SMILES string of the molecule is CC(C(=O)N(C)C)N1CC(S(=O)(=O)NC2CCCC2)C1. The third-order valence-corrected chi connectivity index (χ3v) is 6.18. The van der Waals surface area contributed by atoms with Crippen molar-refractivity contribution in [3.63, 3.8) is 0 Å². The van der Waals surface area contributed by atoms with Gasteiger partial charge in [0.1, 0.15) is 5.25 Å². The van der Waals surface area contributed by atoms with E-state index in [4.69, 9.17) is 0 Å². The molecule has 116 valence electrons. The zero-order chi connectivity index (χ0) is 14.9. The Morgan fingerprint density at radius 1 is 1.25 bits per heavy atom. The van der Waals surface area contributed by atoms with Crippen LogP contribution in [0, 0.1) is 0 Å². The van der Waals surface area contributed by atoms with Crippen LogP contribution in [0.2, 0.25) is 0 Å². The number of sulfonamides is 1. The molecule has 1 saturated carbocycles. The van der Waals surface area contributed by atoms with Crippen LogP contribution in [0.3, 0.4) is 0 Å². The summed E-state index contributed by atoms with van der Waals surface area (Å²) < 4.78 is 27.2. The molecule has 2 fully saturated rings. The van der Waals surface area contributed by atoms with Crippen molar-refractivity contribution in [2.45, 2.75) is 49.9 Å². The molecule has 2 rings (SSSR count). The first-order valence-corrected chi connectivity index (χ1v) is 8.82. The van der Waals surface area contributed by atoms with Crippen molar-refractivity contribution in [1.29, 1.82) is 0 Å². The quantitative estimate of drug-likeness (QED) is 0.777. The van der Waals surface area contributed by atoms with E-state index in [1.165, 1.54) is 0 Å². The fraction of sp³-hybridized carbons (Fsp3) is 0.923. The normalized spacial score (nSPS) is 23.6. The van der Waals surface area contributed by atoms with Crippen LogP contribution in [0.1, 0.15) is 32.6 Å². The lowest BCUT2D eigenvalue weighted by Crippen LogP contribution is -2.63. The first-order chi connectivity index (χ1) is 9.31. The largest absolute Gasteiger partial charge is 0.347 e. The van der Waals surface area contributed by atoms with Gasteiger partial charge in [-0.25, -0.2) is 13.1 Å². The molecule has 0 radical (unpaired) electrons. The summed E-state index contributed by atoms with van der Waals surface area (Å²) >= 11 is 0. The Hall–Kier alpha value is -0.660. The van der Waals surface area contributed by atoms with Crippen molar-refractivity contribution in [2.24, 2.45) is 0 Å². The fourth-order valence-electron chi connectivity index (χ4n) is 2.88. The van der Waals surface area contributed by atoms with Crippen LogP contribution >= 0.6 is 0 Å². The van der Waals surface area contributed by atoms with Crippen LogP contribution < -0.4 is 4.72 Å². The minimum Gasteiger partial charge on any atom is -0.347 e. The molecule has 1 aliphatic carbocycles. The van der Waals surface area contributed by atoms with Crippen LogP contribution in [0.15, 0.2) is 0 Å². The molecule has 1 unspecified atom stereocenters. The van der Waals surface area contributed by atoms with Crippen molar-refractivity contribution in [1.82, 2.24) is 14.5 Å². The standard InChI is InChI=1S/C13H25N3O3S/c1-10(13(17)15(2)3)16-8-12(9-16)20(18,19)14-11-6-4-5-7-11/h10-12,14H,4-9H2,1-3H3. The van der Waals surface area contributed by atoms with E-state index in [1.807, 2.05) is 11.8 Å². The van der Waals surface area contributed by atoms with Crippen LogP contribution in [0.25, 0.3) is 0 Å². The predicted octanol–water partition coefficient (Wildman–Crippen LogP) is 0.00930. The second-order valence-corrected chi connectivity index (χ2v) is 8.12. The number of hydrogen-bond acceptors (Lipinski definition) is 4. The Kier molecular flexibility index (Phi) is 4.71. The Bertz CT molecular complexity index is 451. The highest BCUT2D eigenvalue weighted by Gasteiger charge is 2.42. The van der Waals surface area contributed by atoms with Crippen LogP contribution in [0.4, 0.5) is 0 Å². The van der Waals surface area contributed by atoms with Gasteiger partial charge in [0.05, 0.1) is 6.04 Å². The van der Waals surface area contributed by atoms with Crippen molar-refractivity contribution in [3.8, 4) is 0 Å². The number of rotatable bonds is 5. The van der Waals surface area contributed by atoms with Gasteiger partial charge in [-0.2, -0.15) is 0 Å². The monoisotopic (exact) mass is 303 g/mol. The van der Waals surface area contributed by atoms with E-state index in [2.05, 4.69) is 4.72 Å². The maximum atomic E-state index is 12.2. The Labute approximate surface area is 121 Å². The molecule has 1 amide bonds. The van der Waals surface area contributed by atoms with Crippen molar-refractivity contribution in [3.05, 3.63) is 0 Å². The van der Waals surface area contributed by atoms with Gasteiger partial charge < -0.3 is 4.90 Å². The average Bonchev–Trinajstić information content (AvgIpc) is 2.76. The molecule has 2 aliphatic rings. The number of carbonyl (C=O) groups is 1. The summed E-state index contributed by atoms with van der Waals surface area (Å²) in [6.45, 7) is 2.72. The number of likely N-dealkylation sites (N-methyl/N-ethyl adjacent to an activating group) is 1. The lowest BCUT2D eigenvalue weighted by Gasteiger charge is -2.42. The minimum absolute atomic E-state index is 0.0181. The molecule has 0 aromatic carbocycles. The first kappa shape index (κ1) is 15.7. The number of nitrogens with one attached hydrogen (secondary N) is 1. The zero-order valence-corrected chi connectivity index (χ0v) is 13.3. The average molecular weight is 303 g/mol. The summed E-state index contributed by atoms with van der Waals surface area (Å²) in [7, 11) is 0.198. The van der Waals surface area contributed by atoms with Crippen molar-refractivity contribution < 1.29 is 13.2 Å². The number of carbonyl (C=O) groups excluding carboxylic acids is 1. The van der Waals surface area contributed by atoms with Gasteiger partial charge in [-0.1, -0.05) is 12.8 Å². The van der Waals surface area contributed by atoms with Gasteiger partial charge in [0.2, 0.25) is 15.9 Å². The Morgan fingerprint density at radius 3 is 2.30 bits per heavy atom. The Balaban J connectivity index is 1.84. The molecule has 1 atom stereocenters. The van der Waals surface area contributed by atoms with Gasteiger partial charge >= 0.3 is 0 Å². The molecule has 1 aliphatic heterocycles. The highest BCUT2D eigenvalue weighted by Crippen LogP contribution is 2.23. The molecule has 7 heteroatoms. The first-order valence-electron chi connectivity index (χ1n) is 7.27. The van der Waals surface area contributed by atoms with Gasteiger partial charge in [-0.05, 0) is 19.8 Å². The number of nitrogens with zero attached hydrogens (tertiary/aromatic N) is 2. The third-order valence-electron chi connectivity index (χ3n) is 4.35. The molecule has 1 saturated heterocycles. The van der Waals surface area contributed by atoms with E-state index >= 15 is 0 Å². The molecule has 1 N–H and O–H groups in total. The highest BCUT2D eigenvalue weighted by molar-refractivity contribution is 7.90. The molecule has 0 spiro atoms. The van der Waals surface area contributed by atoms with E-state index in [9.17, 15) is 13.2 Å². The summed E-state index contributed by atoms with van der Waals surface area (Å²) in [6, 6.07) is -0.127. The van der Waals surface area contributed by atoms with Gasteiger partial charge in [-0.15, -0.1) is 0 Å². The molecule has 20 heavy (non-hydrogen) atoms. The predicted molar refractivity (Wildman–Crippen MR) is 77.8 cm³/mol. The number of hydrogen-bond donors (Lipinski definition) is 1. The summed E-state index contributed by atoms with van der Waals surface area (Å²) in [5.74, 6) is 0.0181. The molecule has 0 aromatic rings. The van der Waals surface area contributed by atoms with Crippen LogP contribution in [-0.2, 0) is 14.8 Å². The Morgan fingerprint density at radius 2 is 1.80 bits per heavy atom. The van der Waals surface area contributed by atoms with Crippen LogP contribution in [0.5, 0.6) is 0 Å². The lowest BCUT2D eigenvalue weighted by molar-refractivity contribution is -0.135. The maximum Gasteiger partial charge on any atom is 0.239 e. The van der Waals surface area contributed by atoms with E-state index < -0.39 is 10.0 Å². The summed E-state index contributed by atoms with van der Waals surface area (Å²) in [5.41, 5.74) is 0. The number of amides is 1. The zero-order valence-electron chi connectivity index (χ0n) is 12.5. The summed E-state index contributed by atoms with van der Waals surface area (Å²) in [6.07, 6.45) is 4.12. The van der Waals surface area contributed by atoms with Crippen LogP contribution in [-0.4, -0.2) is 68.6 Å². The van der Waals surface area contributed by atoms with Crippen molar-refractivity contribution in [2.75, 3.05) is 27.2 Å². The minimum atomic E-state index is -3.24. The second kappa shape index (κ2) is 5.99. The smallest absolute Gasteiger partial charge is 0.239 e. The highest BCUT2D eigenvalue weighted by atomic mass is 32.2. The van der Waals surface area contributed by atoms with Gasteiger partial charge in [-0.3, -0.25) is 9.69 Å². The van der Waals surface area contributed by atoms with E-state index in [0.29, 0.717) is 13.1 Å². The molecular formula is C13H25N3O3S. The van der Waals surface area contributed by atoms with E-state index in [1.54, 1.807) is 19.0 Å². The molecule has 0 aromatic heterocycles. The topological polar surface area (TPSA) is 69.7 Å². The molecule has 1 heterocycles. The van der Waals surface area contributed by atoms with Crippen molar-refractivity contribution >= 4 is 15.9 Å². The number of likely N-dealkylation sites (tertiary alicyclic amines) is 1. The van der Waals surface area contributed by atoms with E-state index in [-0.39, 0.29) is 23.2 Å². The van der Waals surface area contributed by atoms with Gasteiger partial charge in [0.25, 0.3) is 0 Å². The molecule has 6 nitrogen and oxygen atoms in total. The summed E-state index contributed by atoms with van der Waals surface area (Å²) in [5, 5.41) is -0.375. The van der Waals surface area contributed by atoms with E-state index in [0.717, 1.165) is 25.7 Å². The van der Waals surface area contributed by atoms with Gasteiger partial charge in [0, 0.05) is 33.2 Å². The molecular weight excluding hydrogens is 278 g/mol.